The Balaban J connectivity index is 1.32. The highest BCUT2D eigenvalue weighted by molar-refractivity contribution is 7.22. The topological polar surface area (TPSA) is 67.0 Å². The molecule has 4 aromatic rings. The molecule has 1 saturated carbocycles. The normalized spacial score (nSPS) is 17.5. The number of thiophene rings is 1. The summed E-state index contributed by atoms with van der Waals surface area (Å²) in [5.74, 6) is -0.988. The number of nitrogens with zero attached hydrogens (tertiary/aromatic N) is 5. The van der Waals surface area contributed by atoms with E-state index < -0.39 is 12.5 Å². The van der Waals surface area contributed by atoms with Gasteiger partial charge in [0.2, 0.25) is 0 Å². The fourth-order valence-electron chi connectivity index (χ4n) is 4.37. The lowest BCUT2D eigenvalue weighted by Gasteiger charge is -2.21. The highest BCUT2D eigenvalue weighted by Gasteiger charge is 2.30. The highest BCUT2D eigenvalue weighted by Crippen LogP contribution is 2.43. The van der Waals surface area contributed by atoms with Gasteiger partial charge in [-0.25, -0.2) is 8.78 Å². The molecule has 0 radical (unpaired) electrons. The van der Waals surface area contributed by atoms with E-state index in [1.165, 1.54) is 16.0 Å². The minimum absolute atomic E-state index is 0.322. The Morgan fingerprint density at radius 2 is 2.00 bits per heavy atom. The molecule has 4 aromatic heterocycles. The van der Waals surface area contributed by atoms with Gasteiger partial charge in [-0.05, 0) is 31.7 Å². The first kappa shape index (κ1) is 21.7. The zero-order valence-corrected chi connectivity index (χ0v) is 19.6. The van der Waals surface area contributed by atoms with Crippen molar-refractivity contribution in [1.82, 2.24) is 24.5 Å². The SMILES string of the molecule is CC(F)(F)Cn1cc(-c2cc3nccc(Oc4cn(C5CC5)nc4C4CCOCC4)c3s2)cn1. The first-order valence-corrected chi connectivity index (χ1v) is 12.4. The summed E-state index contributed by atoms with van der Waals surface area (Å²) in [4.78, 5) is 5.40. The van der Waals surface area contributed by atoms with Crippen LogP contribution in [0.15, 0.2) is 36.9 Å². The van der Waals surface area contributed by atoms with Crippen molar-refractivity contribution in [2.24, 2.45) is 0 Å². The summed E-state index contributed by atoms with van der Waals surface area (Å²) in [5.41, 5.74) is 2.58. The summed E-state index contributed by atoms with van der Waals surface area (Å²) in [6, 6.07) is 4.28. The minimum Gasteiger partial charge on any atom is -0.452 e. The third-order valence-corrected chi connectivity index (χ3v) is 7.40. The third-order valence-electron chi connectivity index (χ3n) is 6.21. The van der Waals surface area contributed by atoms with Crippen molar-refractivity contribution in [2.45, 2.75) is 57.0 Å². The van der Waals surface area contributed by atoms with Crippen LogP contribution in [0.2, 0.25) is 0 Å². The number of pyridine rings is 1. The lowest BCUT2D eigenvalue weighted by molar-refractivity contribution is 0.000603. The molecule has 5 heterocycles. The maximum absolute atomic E-state index is 13.4. The fraction of sp³-hybridized carbons (Fsp3) is 0.458. The van der Waals surface area contributed by atoms with E-state index in [2.05, 4.69) is 14.8 Å². The van der Waals surface area contributed by atoms with E-state index >= 15 is 0 Å². The van der Waals surface area contributed by atoms with E-state index in [4.69, 9.17) is 14.6 Å². The fourth-order valence-corrected chi connectivity index (χ4v) is 5.41. The maximum atomic E-state index is 13.4. The molecule has 7 nitrogen and oxygen atoms in total. The van der Waals surface area contributed by atoms with Crippen LogP contribution in [-0.4, -0.2) is 43.7 Å². The second-order valence-electron chi connectivity index (χ2n) is 9.21. The van der Waals surface area contributed by atoms with Crippen molar-refractivity contribution >= 4 is 21.6 Å². The minimum atomic E-state index is -2.82. The molecule has 0 atom stereocenters. The van der Waals surface area contributed by atoms with E-state index in [-0.39, 0.29) is 0 Å². The molecule has 2 fully saturated rings. The molecule has 178 valence electrons. The summed E-state index contributed by atoms with van der Waals surface area (Å²) in [5, 5.41) is 9.01. The smallest absolute Gasteiger partial charge is 0.264 e. The number of halogens is 2. The molecule has 0 unspecified atom stereocenters. The second-order valence-corrected chi connectivity index (χ2v) is 10.3. The molecule has 0 amide bonds. The predicted octanol–water partition coefficient (Wildman–Crippen LogP) is 6.03. The first-order chi connectivity index (χ1) is 16.4. The van der Waals surface area contributed by atoms with Gasteiger partial charge in [-0.1, -0.05) is 0 Å². The molecule has 0 spiro atoms. The number of fused-ring (bicyclic) bond motifs is 1. The summed E-state index contributed by atoms with van der Waals surface area (Å²) in [7, 11) is 0. The van der Waals surface area contributed by atoms with Gasteiger partial charge >= 0.3 is 0 Å². The molecule has 34 heavy (non-hydrogen) atoms. The van der Waals surface area contributed by atoms with Crippen molar-refractivity contribution < 1.29 is 18.3 Å². The van der Waals surface area contributed by atoms with Crippen molar-refractivity contribution in [3.8, 4) is 21.9 Å². The number of aromatic nitrogens is 5. The molecule has 10 heteroatoms. The summed E-state index contributed by atoms with van der Waals surface area (Å²) >= 11 is 1.52. The monoisotopic (exact) mass is 485 g/mol. The molecule has 1 saturated heterocycles. The van der Waals surface area contributed by atoms with Gasteiger partial charge in [-0.2, -0.15) is 10.2 Å². The summed E-state index contributed by atoms with van der Waals surface area (Å²) in [6.07, 6.45) is 11.2. The Morgan fingerprint density at radius 1 is 1.18 bits per heavy atom. The van der Waals surface area contributed by atoms with Crippen LogP contribution in [0, 0.1) is 0 Å². The summed E-state index contributed by atoms with van der Waals surface area (Å²) in [6.45, 7) is 1.92. The van der Waals surface area contributed by atoms with Crippen LogP contribution in [0.25, 0.3) is 20.7 Å². The van der Waals surface area contributed by atoms with Crippen molar-refractivity contribution in [3.63, 3.8) is 0 Å². The number of ether oxygens (including phenoxy) is 2. The highest BCUT2D eigenvalue weighted by atomic mass is 32.1. The molecule has 0 aromatic carbocycles. The van der Waals surface area contributed by atoms with Crippen LogP contribution >= 0.6 is 11.3 Å². The number of rotatable bonds is 7. The molecular formula is C24H25F2N5O2S. The van der Waals surface area contributed by atoms with Gasteiger partial charge in [-0.15, -0.1) is 11.3 Å². The number of alkyl halides is 2. The van der Waals surface area contributed by atoms with Gasteiger partial charge in [0.05, 0.1) is 28.7 Å². The van der Waals surface area contributed by atoms with Gasteiger partial charge < -0.3 is 9.47 Å². The lowest BCUT2D eigenvalue weighted by Crippen LogP contribution is -2.19. The quantitative estimate of drug-likeness (QED) is 0.320. The van der Waals surface area contributed by atoms with Crippen LogP contribution in [-0.2, 0) is 11.3 Å². The van der Waals surface area contributed by atoms with E-state index in [1.54, 1.807) is 18.6 Å². The van der Waals surface area contributed by atoms with E-state index in [1.807, 2.05) is 18.3 Å². The van der Waals surface area contributed by atoms with Gasteiger partial charge in [0.25, 0.3) is 5.92 Å². The standard InChI is InChI=1S/C24H25F2N5O2S/c1-24(25,26)14-30-12-16(11-28-30)21-10-18-23(34-21)19(4-7-27-18)33-20-13-31(17-2-3-17)29-22(20)15-5-8-32-9-6-15/h4,7,10-13,15,17H,2-3,5-6,8-9,14H2,1H3. The van der Waals surface area contributed by atoms with Gasteiger partial charge in [0, 0.05) is 55.0 Å². The molecule has 1 aliphatic carbocycles. The third kappa shape index (κ3) is 4.44. The van der Waals surface area contributed by atoms with Crippen molar-refractivity contribution in [2.75, 3.05) is 13.2 Å². The Morgan fingerprint density at radius 3 is 2.76 bits per heavy atom. The average molecular weight is 486 g/mol. The zero-order chi connectivity index (χ0) is 23.3. The van der Waals surface area contributed by atoms with Gasteiger partial charge in [0.15, 0.2) is 5.75 Å². The first-order valence-electron chi connectivity index (χ1n) is 11.6. The van der Waals surface area contributed by atoms with Crippen molar-refractivity contribution in [1.29, 1.82) is 0 Å². The molecular weight excluding hydrogens is 460 g/mol. The Hall–Kier alpha value is -2.85. The zero-order valence-electron chi connectivity index (χ0n) is 18.8. The van der Waals surface area contributed by atoms with Crippen LogP contribution < -0.4 is 4.74 Å². The molecule has 2 aliphatic rings. The number of hydrogen-bond donors (Lipinski definition) is 0. The van der Waals surface area contributed by atoms with E-state index in [0.29, 0.717) is 12.0 Å². The maximum Gasteiger partial charge on any atom is 0.264 e. The Kier molecular flexibility index (Phi) is 5.37. The Bertz CT molecular complexity index is 1310. The molecule has 0 bridgehead atoms. The van der Waals surface area contributed by atoms with Crippen LogP contribution in [0.1, 0.15) is 50.3 Å². The largest absolute Gasteiger partial charge is 0.452 e. The van der Waals surface area contributed by atoms with Gasteiger partial charge in [0.1, 0.15) is 18.0 Å². The molecule has 1 aliphatic heterocycles. The lowest BCUT2D eigenvalue weighted by atomic mass is 9.96. The molecule has 0 N–H and O–H groups in total. The van der Waals surface area contributed by atoms with Gasteiger partial charge in [-0.3, -0.25) is 14.3 Å². The Labute approximate surface area is 199 Å². The van der Waals surface area contributed by atoms with Crippen LogP contribution in [0.3, 0.4) is 0 Å². The second kappa shape index (κ2) is 8.42. The summed E-state index contributed by atoms with van der Waals surface area (Å²) < 4.78 is 43.0. The average Bonchev–Trinajstić information content (AvgIpc) is 3.20. The van der Waals surface area contributed by atoms with E-state index in [9.17, 15) is 8.78 Å². The van der Waals surface area contributed by atoms with Crippen LogP contribution in [0.5, 0.6) is 11.5 Å². The van der Waals surface area contributed by atoms with Crippen LogP contribution in [0.4, 0.5) is 8.78 Å². The van der Waals surface area contributed by atoms with Crippen molar-refractivity contribution in [3.05, 3.63) is 42.6 Å². The van der Waals surface area contributed by atoms with E-state index in [0.717, 1.165) is 83.7 Å². The molecule has 6 rings (SSSR count). The number of hydrogen-bond acceptors (Lipinski definition) is 6. The predicted molar refractivity (Wildman–Crippen MR) is 125 cm³/mol.